The average molecular weight is 173 g/mol. The van der Waals surface area contributed by atoms with E-state index in [0.717, 1.165) is 10.5 Å². The van der Waals surface area contributed by atoms with Gasteiger partial charge in [0.1, 0.15) is 0 Å². The van der Waals surface area contributed by atoms with Crippen molar-refractivity contribution < 1.29 is 0 Å². The van der Waals surface area contributed by atoms with Crippen LogP contribution in [0.1, 0.15) is 11.1 Å². The molecule has 0 unspecified atom stereocenters. The highest BCUT2D eigenvalue weighted by Gasteiger charge is 1.97. The maximum absolute atomic E-state index is 5.67. The molecule has 0 aromatic heterocycles. The summed E-state index contributed by atoms with van der Waals surface area (Å²) in [5.41, 5.74) is 2.34. The van der Waals surface area contributed by atoms with Crippen molar-refractivity contribution >= 4 is 24.2 Å². The summed E-state index contributed by atoms with van der Waals surface area (Å²) in [6.07, 6.45) is 0. The van der Waals surface area contributed by atoms with Crippen molar-refractivity contribution in [2.24, 2.45) is 0 Å². The zero-order valence-electron chi connectivity index (χ0n) is 5.76. The van der Waals surface area contributed by atoms with Crippen molar-refractivity contribution in [1.82, 2.24) is 0 Å². The molecule has 0 saturated carbocycles. The third-order valence-electron chi connectivity index (χ3n) is 1.56. The molecule has 0 N–H and O–H groups in total. The lowest BCUT2D eigenvalue weighted by Crippen LogP contribution is -1.84. The fourth-order valence-corrected chi connectivity index (χ4v) is 1.33. The van der Waals surface area contributed by atoms with Crippen LogP contribution < -0.4 is 0 Å². The molecule has 0 heterocycles. The number of benzene rings is 1. The average Bonchev–Trinajstić information content (AvgIpc) is 1.95. The van der Waals surface area contributed by atoms with Crippen molar-refractivity contribution in [2.45, 2.75) is 17.7 Å². The molecule has 1 rings (SSSR count). The Bertz CT molecular complexity index is 233. The highest BCUT2D eigenvalue weighted by atomic mass is 35.5. The van der Waals surface area contributed by atoms with Gasteiger partial charge < -0.3 is 0 Å². The molecule has 10 heavy (non-hydrogen) atoms. The molecule has 0 amide bonds. The molecular formula is C8H9ClS. The van der Waals surface area contributed by atoms with Crippen molar-refractivity contribution in [2.75, 3.05) is 0 Å². The molecule has 54 valence electrons. The van der Waals surface area contributed by atoms with E-state index in [1.165, 1.54) is 5.56 Å². The molecule has 1 aromatic rings. The molecule has 0 fully saturated rings. The molecule has 0 aliphatic carbocycles. The van der Waals surface area contributed by atoms with Crippen LogP contribution in [-0.2, 0) is 5.88 Å². The number of hydrogen-bond donors (Lipinski definition) is 1. The van der Waals surface area contributed by atoms with E-state index >= 15 is 0 Å². The van der Waals surface area contributed by atoms with Gasteiger partial charge in [-0.15, -0.1) is 24.2 Å². The second-order valence-electron chi connectivity index (χ2n) is 2.19. The monoisotopic (exact) mass is 172 g/mol. The van der Waals surface area contributed by atoms with E-state index in [4.69, 9.17) is 11.6 Å². The van der Waals surface area contributed by atoms with E-state index in [0.29, 0.717) is 5.88 Å². The van der Waals surface area contributed by atoms with Crippen LogP contribution >= 0.6 is 24.2 Å². The third-order valence-corrected chi connectivity index (χ3v) is 2.33. The smallest absolute Gasteiger partial charge is 0.0477 e. The first-order valence-electron chi connectivity index (χ1n) is 3.09. The van der Waals surface area contributed by atoms with Crippen molar-refractivity contribution in [1.29, 1.82) is 0 Å². The Hall–Kier alpha value is -0.140. The van der Waals surface area contributed by atoms with E-state index in [9.17, 15) is 0 Å². The molecule has 0 nitrogen and oxygen atoms in total. The summed E-state index contributed by atoms with van der Waals surface area (Å²) >= 11 is 9.93. The van der Waals surface area contributed by atoms with Gasteiger partial charge in [0.05, 0.1) is 0 Å². The summed E-state index contributed by atoms with van der Waals surface area (Å²) in [4.78, 5) is 1.01. The van der Waals surface area contributed by atoms with Crippen LogP contribution in [0.2, 0.25) is 0 Å². The van der Waals surface area contributed by atoms with Gasteiger partial charge in [-0.25, -0.2) is 0 Å². The van der Waals surface area contributed by atoms with Crippen LogP contribution in [0.5, 0.6) is 0 Å². The predicted molar refractivity (Wildman–Crippen MR) is 48.0 cm³/mol. The van der Waals surface area contributed by atoms with E-state index in [1.54, 1.807) is 0 Å². The van der Waals surface area contributed by atoms with Gasteiger partial charge in [-0.2, -0.15) is 0 Å². The number of thiol groups is 1. The fraction of sp³-hybridized carbons (Fsp3) is 0.250. The molecule has 2 heteroatoms. The molecule has 0 radical (unpaired) electrons. The number of rotatable bonds is 1. The zero-order chi connectivity index (χ0) is 7.56. The van der Waals surface area contributed by atoms with E-state index in [-0.39, 0.29) is 0 Å². The normalized spacial score (nSPS) is 9.90. The van der Waals surface area contributed by atoms with E-state index in [2.05, 4.69) is 12.6 Å². The number of alkyl halides is 1. The van der Waals surface area contributed by atoms with Gasteiger partial charge in [0.25, 0.3) is 0 Å². The molecule has 0 aliphatic rings. The van der Waals surface area contributed by atoms with Crippen LogP contribution in [0.4, 0.5) is 0 Å². The second-order valence-corrected chi connectivity index (χ2v) is 2.94. The summed E-state index contributed by atoms with van der Waals surface area (Å²) in [5.74, 6) is 0.570. The van der Waals surface area contributed by atoms with Gasteiger partial charge >= 0.3 is 0 Å². The first kappa shape index (κ1) is 7.96. The topological polar surface area (TPSA) is 0 Å². The minimum atomic E-state index is 0.570. The Kier molecular flexibility index (Phi) is 2.64. The summed E-state index contributed by atoms with van der Waals surface area (Å²) in [6, 6.07) is 5.95. The molecular weight excluding hydrogens is 164 g/mol. The summed E-state index contributed by atoms with van der Waals surface area (Å²) < 4.78 is 0. The van der Waals surface area contributed by atoms with Crippen LogP contribution in [0.3, 0.4) is 0 Å². The minimum Gasteiger partial charge on any atom is -0.143 e. The van der Waals surface area contributed by atoms with Gasteiger partial charge in [-0.3, -0.25) is 0 Å². The molecule has 0 saturated heterocycles. The minimum absolute atomic E-state index is 0.570. The van der Waals surface area contributed by atoms with Crippen LogP contribution in [0, 0.1) is 6.92 Å². The first-order chi connectivity index (χ1) is 4.75. The Morgan fingerprint density at radius 3 is 2.70 bits per heavy atom. The largest absolute Gasteiger partial charge is 0.143 e. The summed E-state index contributed by atoms with van der Waals surface area (Å²) in [6.45, 7) is 2.03. The van der Waals surface area contributed by atoms with Gasteiger partial charge in [-0.05, 0) is 24.1 Å². The lowest BCUT2D eigenvalue weighted by Gasteiger charge is -2.02. The summed E-state index contributed by atoms with van der Waals surface area (Å²) in [7, 11) is 0. The molecule has 0 aliphatic heterocycles. The molecule has 0 atom stereocenters. The maximum atomic E-state index is 5.67. The second kappa shape index (κ2) is 3.31. The quantitative estimate of drug-likeness (QED) is 0.489. The lowest BCUT2D eigenvalue weighted by molar-refractivity contribution is 1.21. The molecule has 0 bridgehead atoms. The Labute approximate surface area is 71.6 Å². The SMILES string of the molecule is Cc1c(S)cccc1CCl. The van der Waals surface area contributed by atoms with Crippen LogP contribution in [-0.4, -0.2) is 0 Å². The Morgan fingerprint density at radius 1 is 1.50 bits per heavy atom. The summed E-state index contributed by atoms with van der Waals surface area (Å²) in [5, 5.41) is 0. The fourth-order valence-electron chi connectivity index (χ4n) is 0.815. The van der Waals surface area contributed by atoms with Crippen molar-refractivity contribution in [3.05, 3.63) is 29.3 Å². The van der Waals surface area contributed by atoms with Gasteiger partial charge in [-0.1, -0.05) is 12.1 Å². The lowest BCUT2D eigenvalue weighted by atomic mass is 10.1. The van der Waals surface area contributed by atoms with Crippen LogP contribution in [0.25, 0.3) is 0 Å². The predicted octanol–water partition coefficient (Wildman–Crippen LogP) is 3.02. The zero-order valence-corrected chi connectivity index (χ0v) is 7.41. The number of hydrogen-bond acceptors (Lipinski definition) is 1. The standard InChI is InChI=1S/C8H9ClS/c1-6-7(5-9)3-2-4-8(6)10/h2-4,10H,5H2,1H3. The van der Waals surface area contributed by atoms with Gasteiger partial charge in [0.2, 0.25) is 0 Å². The van der Waals surface area contributed by atoms with Crippen molar-refractivity contribution in [3.63, 3.8) is 0 Å². The van der Waals surface area contributed by atoms with E-state index < -0.39 is 0 Å². The Balaban J connectivity index is 3.14. The Morgan fingerprint density at radius 2 is 2.20 bits per heavy atom. The van der Waals surface area contributed by atoms with Gasteiger partial charge in [0.15, 0.2) is 0 Å². The van der Waals surface area contributed by atoms with E-state index in [1.807, 2.05) is 25.1 Å². The van der Waals surface area contributed by atoms with Gasteiger partial charge in [0, 0.05) is 10.8 Å². The molecule has 0 spiro atoms. The third kappa shape index (κ3) is 1.47. The van der Waals surface area contributed by atoms with Crippen molar-refractivity contribution in [3.8, 4) is 0 Å². The first-order valence-corrected chi connectivity index (χ1v) is 4.07. The highest BCUT2D eigenvalue weighted by Crippen LogP contribution is 2.17. The number of halogens is 1. The molecule has 1 aromatic carbocycles. The maximum Gasteiger partial charge on any atom is 0.0477 e. The van der Waals surface area contributed by atoms with Crippen LogP contribution in [0.15, 0.2) is 23.1 Å². The highest BCUT2D eigenvalue weighted by molar-refractivity contribution is 7.80.